The SMILES string of the molecule is CCNC(=NCc1ccc(C)cc1OC)NCCCN1CCCC1C(=O)N(C)C.I. The van der Waals surface area contributed by atoms with E-state index in [1.165, 1.54) is 5.56 Å². The smallest absolute Gasteiger partial charge is 0.239 e. The van der Waals surface area contributed by atoms with E-state index in [-0.39, 0.29) is 35.9 Å². The molecule has 2 rings (SSSR count). The number of hydrogen-bond acceptors (Lipinski definition) is 4. The van der Waals surface area contributed by atoms with Gasteiger partial charge in [-0.1, -0.05) is 12.1 Å². The monoisotopic (exact) mass is 531 g/mol. The summed E-state index contributed by atoms with van der Waals surface area (Å²) < 4.78 is 5.47. The molecule has 1 aromatic rings. The summed E-state index contributed by atoms with van der Waals surface area (Å²) >= 11 is 0. The molecule has 0 bridgehead atoms. The number of nitrogens with one attached hydrogen (secondary N) is 2. The summed E-state index contributed by atoms with van der Waals surface area (Å²) in [4.78, 5) is 21.0. The number of methoxy groups -OCH3 is 1. The predicted octanol–water partition coefficient (Wildman–Crippen LogP) is 2.62. The first-order valence-electron chi connectivity index (χ1n) is 10.6. The van der Waals surface area contributed by atoms with Gasteiger partial charge >= 0.3 is 0 Å². The standard InChI is InChI=1S/C22H37N5O2.HI/c1-6-23-22(25-16-18-11-10-17(2)15-20(18)29-5)24-12-8-14-27-13-7-9-19(27)21(28)26(3)4;/h10-11,15,19H,6-9,12-14,16H2,1-5H3,(H2,23,24,25);1H. The van der Waals surface area contributed by atoms with Crippen LogP contribution in [0.25, 0.3) is 0 Å². The topological polar surface area (TPSA) is 69.2 Å². The second-order valence-corrected chi connectivity index (χ2v) is 7.72. The van der Waals surface area contributed by atoms with Crippen LogP contribution in [-0.4, -0.2) is 75.1 Å². The Hall–Kier alpha value is -1.55. The third kappa shape index (κ3) is 7.94. The molecule has 1 heterocycles. The Morgan fingerprint density at radius 3 is 2.77 bits per heavy atom. The molecule has 1 unspecified atom stereocenters. The Morgan fingerprint density at radius 2 is 2.10 bits per heavy atom. The van der Waals surface area contributed by atoms with Gasteiger partial charge in [-0.3, -0.25) is 9.69 Å². The van der Waals surface area contributed by atoms with Crippen molar-refractivity contribution in [2.75, 3.05) is 47.4 Å². The number of ether oxygens (including phenoxy) is 1. The fourth-order valence-electron chi connectivity index (χ4n) is 3.65. The number of likely N-dealkylation sites (N-methyl/N-ethyl adjacent to an activating group) is 1. The van der Waals surface area contributed by atoms with Crippen molar-refractivity contribution in [2.24, 2.45) is 4.99 Å². The number of halogens is 1. The molecule has 1 amide bonds. The van der Waals surface area contributed by atoms with Crippen LogP contribution in [0, 0.1) is 6.92 Å². The van der Waals surface area contributed by atoms with E-state index in [2.05, 4.69) is 41.5 Å². The molecule has 1 saturated heterocycles. The number of carbonyl (C=O) groups excluding carboxylic acids is 1. The number of likely N-dealkylation sites (tertiary alicyclic amines) is 1. The number of amides is 1. The second-order valence-electron chi connectivity index (χ2n) is 7.72. The predicted molar refractivity (Wildman–Crippen MR) is 134 cm³/mol. The van der Waals surface area contributed by atoms with Crippen LogP contribution in [0.5, 0.6) is 5.75 Å². The lowest BCUT2D eigenvalue weighted by molar-refractivity contribution is -0.133. The zero-order valence-electron chi connectivity index (χ0n) is 19.0. The molecule has 1 aliphatic heterocycles. The number of aryl methyl sites for hydroxylation is 1. The van der Waals surface area contributed by atoms with E-state index >= 15 is 0 Å². The highest BCUT2D eigenvalue weighted by molar-refractivity contribution is 14.0. The molecule has 0 saturated carbocycles. The summed E-state index contributed by atoms with van der Waals surface area (Å²) in [6, 6.07) is 6.22. The number of nitrogens with zero attached hydrogens (tertiary/aromatic N) is 3. The van der Waals surface area contributed by atoms with Gasteiger partial charge in [0.1, 0.15) is 5.75 Å². The van der Waals surface area contributed by atoms with E-state index in [0.717, 1.165) is 62.7 Å². The van der Waals surface area contributed by atoms with Crippen molar-refractivity contribution in [3.05, 3.63) is 29.3 Å². The minimum atomic E-state index is 0. The molecule has 0 aliphatic carbocycles. The highest BCUT2D eigenvalue weighted by Crippen LogP contribution is 2.21. The Balaban J connectivity index is 0.00000450. The van der Waals surface area contributed by atoms with Crippen LogP contribution >= 0.6 is 24.0 Å². The van der Waals surface area contributed by atoms with Gasteiger partial charge in [0.05, 0.1) is 19.7 Å². The van der Waals surface area contributed by atoms with Crippen molar-refractivity contribution < 1.29 is 9.53 Å². The highest BCUT2D eigenvalue weighted by Gasteiger charge is 2.30. The van der Waals surface area contributed by atoms with Gasteiger partial charge in [-0.15, -0.1) is 24.0 Å². The maximum absolute atomic E-state index is 12.3. The number of guanidine groups is 1. The van der Waals surface area contributed by atoms with Gasteiger partial charge < -0.3 is 20.3 Å². The second kappa shape index (κ2) is 13.7. The van der Waals surface area contributed by atoms with Crippen LogP contribution in [0.1, 0.15) is 37.3 Å². The fraction of sp³-hybridized carbons (Fsp3) is 0.636. The minimum Gasteiger partial charge on any atom is -0.496 e. The average molecular weight is 531 g/mol. The molecule has 1 fully saturated rings. The van der Waals surface area contributed by atoms with E-state index in [1.807, 2.05) is 20.2 Å². The molecule has 1 aromatic carbocycles. The lowest BCUT2D eigenvalue weighted by Gasteiger charge is -2.26. The first-order valence-corrected chi connectivity index (χ1v) is 10.6. The minimum absolute atomic E-state index is 0. The molecule has 0 radical (unpaired) electrons. The number of benzene rings is 1. The Labute approximate surface area is 198 Å². The zero-order valence-corrected chi connectivity index (χ0v) is 21.4. The molecule has 7 nitrogen and oxygen atoms in total. The van der Waals surface area contributed by atoms with Crippen molar-refractivity contribution in [2.45, 2.75) is 45.7 Å². The van der Waals surface area contributed by atoms with Crippen molar-refractivity contribution in [1.29, 1.82) is 0 Å². The first kappa shape index (κ1) is 26.5. The molecule has 0 aromatic heterocycles. The highest BCUT2D eigenvalue weighted by atomic mass is 127. The normalized spacial score (nSPS) is 16.7. The van der Waals surface area contributed by atoms with E-state index < -0.39 is 0 Å². The van der Waals surface area contributed by atoms with Crippen LogP contribution in [-0.2, 0) is 11.3 Å². The zero-order chi connectivity index (χ0) is 21.2. The summed E-state index contributed by atoms with van der Waals surface area (Å²) in [5, 5.41) is 6.70. The van der Waals surface area contributed by atoms with Crippen LogP contribution in [0.3, 0.4) is 0 Å². The fourth-order valence-corrected chi connectivity index (χ4v) is 3.65. The molecule has 170 valence electrons. The van der Waals surface area contributed by atoms with Crippen LogP contribution in [0.4, 0.5) is 0 Å². The van der Waals surface area contributed by atoms with E-state index in [9.17, 15) is 4.79 Å². The molecule has 1 aliphatic rings. The van der Waals surface area contributed by atoms with Gasteiger partial charge in [0.25, 0.3) is 0 Å². The largest absolute Gasteiger partial charge is 0.496 e. The van der Waals surface area contributed by atoms with Gasteiger partial charge in [0.2, 0.25) is 5.91 Å². The lowest BCUT2D eigenvalue weighted by Crippen LogP contribution is -2.44. The van der Waals surface area contributed by atoms with Crippen molar-refractivity contribution in [3.63, 3.8) is 0 Å². The summed E-state index contributed by atoms with van der Waals surface area (Å²) in [6.45, 7) is 8.22. The molecule has 30 heavy (non-hydrogen) atoms. The molecular weight excluding hydrogens is 493 g/mol. The molecule has 0 spiro atoms. The molecule has 2 N–H and O–H groups in total. The van der Waals surface area contributed by atoms with Gasteiger partial charge in [0, 0.05) is 39.3 Å². The summed E-state index contributed by atoms with van der Waals surface area (Å²) in [5.41, 5.74) is 2.24. The number of aliphatic imine (C=N–C) groups is 1. The van der Waals surface area contributed by atoms with Crippen molar-refractivity contribution >= 4 is 35.8 Å². The summed E-state index contributed by atoms with van der Waals surface area (Å²) in [7, 11) is 5.36. The number of carbonyl (C=O) groups is 1. The summed E-state index contributed by atoms with van der Waals surface area (Å²) in [6.07, 6.45) is 3.03. The van der Waals surface area contributed by atoms with Crippen LogP contribution < -0.4 is 15.4 Å². The van der Waals surface area contributed by atoms with Gasteiger partial charge in [-0.05, 0) is 51.3 Å². The van der Waals surface area contributed by atoms with Crippen LogP contribution in [0.2, 0.25) is 0 Å². The maximum atomic E-state index is 12.3. The third-order valence-corrected chi connectivity index (χ3v) is 5.20. The van der Waals surface area contributed by atoms with Crippen LogP contribution in [0.15, 0.2) is 23.2 Å². The van der Waals surface area contributed by atoms with Gasteiger partial charge in [-0.25, -0.2) is 4.99 Å². The first-order chi connectivity index (χ1) is 14.0. The molecule has 1 atom stereocenters. The van der Waals surface area contributed by atoms with E-state index in [1.54, 1.807) is 12.0 Å². The molecular formula is C22H38IN5O2. The lowest BCUT2D eigenvalue weighted by atomic mass is 10.1. The molecule has 8 heteroatoms. The Morgan fingerprint density at radius 1 is 1.33 bits per heavy atom. The Kier molecular flexibility index (Phi) is 12.1. The number of hydrogen-bond donors (Lipinski definition) is 2. The van der Waals surface area contributed by atoms with E-state index in [4.69, 9.17) is 9.73 Å². The van der Waals surface area contributed by atoms with E-state index in [0.29, 0.717) is 6.54 Å². The third-order valence-electron chi connectivity index (χ3n) is 5.20. The quantitative estimate of drug-likeness (QED) is 0.222. The summed E-state index contributed by atoms with van der Waals surface area (Å²) in [5.74, 6) is 1.89. The van der Waals surface area contributed by atoms with Gasteiger partial charge in [-0.2, -0.15) is 0 Å². The van der Waals surface area contributed by atoms with Crippen molar-refractivity contribution in [3.8, 4) is 5.75 Å². The van der Waals surface area contributed by atoms with Gasteiger partial charge in [0.15, 0.2) is 5.96 Å². The average Bonchev–Trinajstić information content (AvgIpc) is 3.17. The maximum Gasteiger partial charge on any atom is 0.239 e. The number of rotatable bonds is 9. The Bertz CT molecular complexity index is 696. The van der Waals surface area contributed by atoms with Crippen molar-refractivity contribution in [1.82, 2.24) is 20.4 Å².